The molecule has 2 rings (SSSR count). The highest BCUT2D eigenvalue weighted by Crippen LogP contribution is 2.31. The normalized spacial score (nSPS) is 12.6. The van der Waals surface area contributed by atoms with Crippen molar-refractivity contribution in [1.29, 1.82) is 0 Å². The number of furan rings is 1. The summed E-state index contributed by atoms with van der Waals surface area (Å²) in [6.45, 7) is 4.86. The third kappa shape index (κ3) is 8.67. The maximum absolute atomic E-state index is 12.9. The number of carbonyl (C=O) groups excluding carboxylic acids is 1. The fourth-order valence-electron chi connectivity index (χ4n) is 2.51. The Morgan fingerprint density at radius 1 is 1.23 bits per heavy atom. The Kier molecular flexibility index (Phi) is 10.7. The van der Waals surface area contributed by atoms with Gasteiger partial charge < -0.3 is 25.5 Å². The number of aliphatic imine (C=N–C) groups is 1. The Morgan fingerprint density at radius 2 is 1.97 bits per heavy atom. The number of hydrogen-bond acceptors (Lipinski definition) is 4. The highest BCUT2D eigenvalue weighted by Gasteiger charge is 2.30. The third-order valence-corrected chi connectivity index (χ3v) is 4.06. The molecule has 2 aromatic rings. The van der Waals surface area contributed by atoms with E-state index in [-0.39, 0.29) is 48.1 Å². The molecule has 1 aromatic carbocycles. The van der Waals surface area contributed by atoms with E-state index < -0.39 is 17.6 Å². The molecule has 0 aliphatic heterocycles. The number of ether oxygens (including phenoxy) is 1. The van der Waals surface area contributed by atoms with Crippen molar-refractivity contribution in [3.05, 3.63) is 53.5 Å². The van der Waals surface area contributed by atoms with Gasteiger partial charge in [-0.1, -0.05) is 13.0 Å². The van der Waals surface area contributed by atoms with Gasteiger partial charge in [0.2, 0.25) is 0 Å². The number of guanidine groups is 1. The fraction of sp³-hybridized carbons (Fsp3) is 0.400. The van der Waals surface area contributed by atoms with Crippen LogP contribution in [0.3, 0.4) is 0 Å². The van der Waals surface area contributed by atoms with Crippen molar-refractivity contribution in [1.82, 2.24) is 10.6 Å². The number of nitrogens with one attached hydrogen (secondary N) is 2. The quantitative estimate of drug-likeness (QED) is 0.248. The van der Waals surface area contributed by atoms with E-state index in [2.05, 4.69) is 15.6 Å². The largest absolute Gasteiger partial charge is 0.489 e. The fourth-order valence-corrected chi connectivity index (χ4v) is 2.51. The van der Waals surface area contributed by atoms with Gasteiger partial charge in [0.1, 0.15) is 24.2 Å². The van der Waals surface area contributed by atoms with E-state index in [0.29, 0.717) is 31.2 Å². The van der Waals surface area contributed by atoms with Crippen LogP contribution in [0.15, 0.2) is 45.8 Å². The number of carbonyl (C=O) groups is 1. The number of primary amides is 1. The van der Waals surface area contributed by atoms with Crippen molar-refractivity contribution in [2.75, 3.05) is 13.1 Å². The van der Waals surface area contributed by atoms with Gasteiger partial charge in [-0.15, -0.1) is 24.0 Å². The summed E-state index contributed by atoms with van der Waals surface area (Å²) in [6.07, 6.45) is -4.23. The van der Waals surface area contributed by atoms with E-state index in [1.807, 2.05) is 13.8 Å². The topological polar surface area (TPSA) is 102 Å². The van der Waals surface area contributed by atoms with Crippen LogP contribution in [0.4, 0.5) is 13.2 Å². The molecule has 7 nitrogen and oxygen atoms in total. The Bertz CT molecular complexity index is 871. The predicted molar refractivity (Wildman–Crippen MR) is 122 cm³/mol. The van der Waals surface area contributed by atoms with Crippen molar-refractivity contribution < 1.29 is 27.1 Å². The van der Waals surface area contributed by atoms with Crippen LogP contribution in [0, 0.1) is 0 Å². The van der Waals surface area contributed by atoms with E-state index >= 15 is 0 Å². The van der Waals surface area contributed by atoms with Crippen molar-refractivity contribution in [2.45, 2.75) is 39.1 Å². The molecule has 0 bridgehead atoms. The Morgan fingerprint density at radius 3 is 2.55 bits per heavy atom. The van der Waals surface area contributed by atoms with Gasteiger partial charge in [-0.2, -0.15) is 13.2 Å². The van der Waals surface area contributed by atoms with Crippen molar-refractivity contribution in [3.63, 3.8) is 0 Å². The first-order valence-corrected chi connectivity index (χ1v) is 9.47. The summed E-state index contributed by atoms with van der Waals surface area (Å²) in [5, 5.41) is 6.15. The monoisotopic (exact) mass is 554 g/mol. The second kappa shape index (κ2) is 12.4. The lowest BCUT2D eigenvalue weighted by molar-refractivity contribution is -0.137. The number of rotatable bonds is 9. The van der Waals surface area contributed by atoms with Crippen molar-refractivity contribution in [2.24, 2.45) is 10.7 Å². The lowest BCUT2D eigenvalue weighted by atomic mass is 10.2. The minimum absolute atomic E-state index is 0. The number of benzene rings is 1. The predicted octanol–water partition coefficient (Wildman–Crippen LogP) is 3.93. The summed E-state index contributed by atoms with van der Waals surface area (Å²) in [5.74, 6) is 0.482. The van der Waals surface area contributed by atoms with Gasteiger partial charge in [-0.05, 0) is 43.7 Å². The molecule has 0 fully saturated rings. The first-order chi connectivity index (χ1) is 14.2. The summed E-state index contributed by atoms with van der Waals surface area (Å²) in [6, 6.07) is 7.87. The van der Waals surface area contributed by atoms with Crippen LogP contribution in [0.2, 0.25) is 0 Å². The molecule has 0 spiro atoms. The summed E-state index contributed by atoms with van der Waals surface area (Å²) in [5.41, 5.74) is 4.40. The Balaban J connectivity index is 0.00000480. The summed E-state index contributed by atoms with van der Waals surface area (Å²) in [7, 11) is 0. The molecule has 172 valence electrons. The average Bonchev–Trinajstić information content (AvgIpc) is 3.18. The molecule has 11 heteroatoms. The first-order valence-electron chi connectivity index (χ1n) is 9.47. The molecule has 31 heavy (non-hydrogen) atoms. The second-order valence-electron chi connectivity index (χ2n) is 6.38. The van der Waals surface area contributed by atoms with E-state index in [9.17, 15) is 18.0 Å². The Hall–Kier alpha value is -2.44. The summed E-state index contributed by atoms with van der Waals surface area (Å²) >= 11 is 0. The minimum atomic E-state index is -4.43. The zero-order valence-electron chi connectivity index (χ0n) is 17.2. The van der Waals surface area contributed by atoms with Gasteiger partial charge in [0.05, 0.1) is 12.1 Å². The molecule has 1 amide bonds. The summed E-state index contributed by atoms with van der Waals surface area (Å²) < 4.78 is 49.6. The van der Waals surface area contributed by atoms with E-state index in [1.54, 1.807) is 6.07 Å². The van der Waals surface area contributed by atoms with E-state index in [1.165, 1.54) is 18.2 Å². The number of hydrogen-bond donors (Lipinski definition) is 3. The van der Waals surface area contributed by atoms with Crippen LogP contribution < -0.4 is 21.1 Å². The van der Waals surface area contributed by atoms with Crippen LogP contribution in [-0.2, 0) is 12.7 Å². The average molecular weight is 554 g/mol. The number of amides is 1. The number of nitrogens with two attached hydrogens (primary N) is 1. The van der Waals surface area contributed by atoms with Gasteiger partial charge in [0, 0.05) is 6.54 Å². The van der Waals surface area contributed by atoms with Crippen LogP contribution in [0.1, 0.15) is 42.1 Å². The molecule has 1 unspecified atom stereocenters. The molecule has 0 saturated heterocycles. The van der Waals surface area contributed by atoms with Crippen molar-refractivity contribution >= 4 is 35.8 Å². The number of halogens is 4. The molecule has 0 radical (unpaired) electrons. The van der Waals surface area contributed by atoms with Crippen LogP contribution in [-0.4, -0.2) is 31.1 Å². The second-order valence-corrected chi connectivity index (χ2v) is 6.38. The standard InChI is InChI=1S/C20H25F3N4O3.HI/c1-3-14(29-15-7-5-6-13(10-15)20(21,22)23)11-26-19(25-4-2)27-12-16-8-9-17(30-16)18(24)28;/h5-10,14H,3-4,11-12H2,1-2H3,(H2,24,28)(H2,25,26,27);1H. The van der Waals surface area contributed by atoms with Gasteiger partial charge in [0.25, 0.3) is 5.91 Å². The highest BCUT2D eigenvalue weighted by molar-refractivity contribution is 14.0. The number of alkyl halides is 3. The molecule has 4 N–H and O–H groups in total. The molecule has 0 saturated carbocycles. The van der Waals surface area contributed by atoms with E-state index in [0.717, 1.165) is 12.1 Å². The number of nitrogens with zero attached hydrogens (tertiary/aromatic N) is 1. The zero-order chi connectivity index (χ0) is 22.1. The molecule has 1 heterocycles. The smallest absolute Gasteiger partial charge is 0.416 e. The molecule has 1 atom stereocenters. The maximum atomic E-state index is 12.9. The van der Waals surface area contributed by atoms with Gasteiger partial charge in [-0.3, -0.25) is 4.79 Å². The SMILES string of the molecule is CCNC(=NCc1ccc(C(N)=O)o1)NCC(CC)Oc1cccc(C(F)(F)F)c1.I. The first kappa shape index (κ1) is 26.6. The maximum Gasteiger partial charge on any atom is 0.416 e. The van der Waals surface area contributed by atoms with E-state index in [4.69, 9.17) is 14.9 Å². The Labute approximate surface area is 195 Å². The zero-order valence-corrected chi connectivity index (χ0v) is 19.5. The van der Waals surface area contributed by atoms with Gasteiger partial charge in [-0.25, -0.2) is 4.99 Å². The minimum Gasteiger partial charge on any atom is -0.489 e. The van der Waals surface area contributed by atoms with Gasteiger partial charge >= 0.3 is 6.18 Å². The molecule has 0 aliphatic rings. The lowest BCUT2D eigenvalue weighted by Gasteiger charge is -2.20. The highest BCUT2D eigenvalue weighted by atomic mass is 127. The molecular formula is C20H26F3IN4O3. The molecule has 1 aromatic heterocycles. The van der Waals surface area contributed by atoms with Crippen LogP contribution in [0.5, 0.6) is 5.75 Å². The van der Waals surface area contributed by atoms with Gasteiger partial charge in [0.15, 0.2) is 11.7 Å². The van der Waals surface area contributed by atoms with Crippen molar-refractivity contribution in [3.8, 4) is 5.75 Å². The van der Waals surface area contributed by atoms with Crippen LogP contribution in [0.25, 0.3) is 0 Å². The third-order valence-electron chi connectivity index (χ3n) is 4.06. The lowest BCUT2D eigenvalue weighted by Crippen LogP contribution is -2.42. The molecule has 0 aliphatic carbocycles. The summed E-state index contributed by atoms with van der Waals surface area (Å²) in [4.78, 5) is 15.4. The molecular weight excluding hydrogens is 528 g/mol. The van der Waals surface area contributed by atoms with Crippen LogP contribution >= 0.6 is 24.0 Å².